The molecule has 0 spiro atoms. The Morgan fingerprint density at radius 3 is 2.30 bits per heavy atom. The van der Waals surface area contributed by atoms with Crippen molar-refractivity contribution in [3.8, 4) is 0 Å². The Kier molecular flexibility index (Phi) is 10.8. The van der Waals surface area contributed by atoms with Crippen LogP contribution in [0.4, 0.5) is 0 Å². The van der Waals surface area contributed by atoms with Gasteiger partial charge in [-0.15, -0.1) is 0 Å². The van der Waals surface area contributed by atoms with Gasteiger partial charge in [-0.2, -0.15) is 0 Å². The molecular weight excluding hydrogens is 292 g/mol. The van der Waals surface area contributed by atoms with Crippen LogP contribution in [-0.4, -0.2) is 24.6 Å². The highest BCUT2D eigenvalue weighted by Gasteiger charge is 2.24. The number of carbonyl (C=O) groups is 2. The molecule has 0 aliphatic heterocycles. The molecule has 0 heterocycles. The first kappa shape index (κ1) is 20.0. The van der Waals surface area contributed by atoms with Gasteiger partial charge in [0.2, 0.25) is 0 Å². The van der Waals surface area contributed by atoms with Crippen LogP contribution in [0.3, 0.4) is 0 Å². The summed E-state index contributed by atoms with van der Waals surface area (Å²) in [5.41, 5.74) is 0. The Morgan fingerprint density at radius 1 is 0.913 bits per heavy atom. The van der Waals surface area contributed by atoms with Gasteiger partial charge in [0, 0.05) is 12.8 Å². The van der Waals surface area contributed by atoms with Gasteiger partial charge in [-0.05, 0) is 44.4 Å². The topological polar surface area (TPSA) is 52.6 Å². The van der Waals surface area contributed by atoms with E-state index < -0.39 is 0 Å². The van der Waals surface area contributed by atoms with Gasteiger partial charge in [-0.1, -0.05) is 39.5 Å². The molecule has 0 aromatic heterocycles. The molecule has 23 heavy (non-hydrogen) atoms. The lowest BCUT2D eigenvalue weighted by Crippen LogP contribution is -2.28. The molecule has 1 aliphatic carbocycles. The lowest BCUT2D eigenvalue weighted by Gasteiger charge is -2.28. The normalized spacial score (nSPS) is 21.0. The predicted octanol–water partition coefficient (Wildman–Crippen LogP) is 4.79. The van der Waals surface area contributed by atoms with Crippen LogP contribution in [0.5, 0.6) is 0 Å². The van der Waals surface area contributed by atoms with Gasteiger partial charge in [0.1, 0.15) is 6.10 Å². The molecule has 1 fully saturated rings. The van der Waals surface area contributed by atoms with Crippen LogP contribution >= 0.6 is 0 Å². The third-order valence-electron chi connectivity index (χ3n) is 4.59. The first-order chi connectivity index (χ1) is 11.1. The standard InChI is InChI=1S/C19H34O4/c1-3-4-5-10-15-22-18(20)13-8-9-14-19(21)23-17-12-7-6-11-16(17)2/h16-17H,3-15H2,1-2H3. The van der Waals surface area contributed by atoms with Crippen LogP contribution in [0.25, 0.3) is 0 Å². The fourth-order valence-corrected chi connectivity index (χ4v) is 3.01. The molecule has 0 bridgehead atoms. The third-order valence-corrected chi connectivity index (χ3v) is 4.59. The van der Waals surface area contributed by atoms with E-state index in [0.717, 1.165) is 32.1 Å². The van der Waals surface area contributed by atoms with Crippen molar-refractivity contribution in [1.82, 2.24) is 0 Å². The lowest BCUT2D eigenvalue weighted by molar-refractivity contribution is -0.153. The highest BCUT2D eigenvalue weighted by Crippen LogP contribution is 2.26. The average molecular weight is 326 g/mol. The summed E-state index contributed by atoms with van der Waals surface area (Å²) in [6, 6.07) is 0. The zero-order chi connectivity index (χ0) is 16.9. The van der Waals surface area contributed by atoms with E-state index in [1.165, 1.54) is 19.3 Å². The van der Waals surface area contributed by atoms with Crippen molar-refractivity contribution in [3.05, 3.63) is 0 Å². The van der Waals surface area contributed by atoms with Gasteiger partial charge < -0.3 is 9.47 Å². The second-order valence-electron chi connectivity index (χ2n) is 6.78. The third kappa shape index (κ3) is 9.62. The molecule has 1 aliphatic rings. The van der Waals surface area contributed by atoms with Crippen LogP contribution in [0.1, 0.15) is 90.9 Å². The molecule has 0 N–H and O–H groups in total. The Morgan fingerprint density at radius 2 is 1.61 bits per heavy atom. The van der Waals surface area contributed by atoms with Crippen molar-refractivity contribution < 1.29 is 19.1 Å². The second-order valence-corrected chi connectivity index (χ2v) is 6.78. The molecule has 4 heteroatoms. The Bertz CT molecular complexity index is 340. The van der Waals surface area contributed by atoms with Gasteiger partial charge in [0.15, 0.2) is 0 Å². The van der Waals surface area contributed by atoms with Crippen molar-refractivity contribution in [2.45, 2.75) is 97.0 Å². The Labute approximate surface area is 141 Å². The molecule has 2 unspecified atom stereocenters. The number of ether oxygens (including phenoxy) is 2. The molecule has 2 atom stereocenters. The minimum atomic E-state index is -0.143. The molecule has 0 amide bonds. The van der Waals surface area contributed by atoms with Crippen molar-refractivity contribution in [3.63, 3.8) is 0 Å². The second kappa shape index (κ2) is 12.4. The average Bonchev–Trinajstić information content (AvgIpc) is 2.53. The monoisotopic (exact) mass is 326 g/mol. The maximum Gasteiger partial charge on any atom is 0.306 e. The lowest BCUT2D eigenvalue weighted by atomic mass is 9.88. The summed E-state index contributed by atoms with van der Waals surface area (Å²) < 4.78 is 10.7. The first-order valence-corrected chi connectivity index (χ1v) is 9.48. The fraction of sp³-hybridized carbons (Fsp3) is 0.895. The van der Waals surface area contributed by atoms with Crippen LogP contribution in [0.2, 0.25) is 0 Å². The van der Waals surface area contributed by atoms with Crippen molar-refractivity contribution in [1.29, 1.82) is 0 Å². The molecule has 1 rings (SSSR count). The highest BCUT2D eigenvalue weighted by atomic mass is 16.5. The van der Waals surface area contributed by atoms with Gasteiger partial charge in [-0.3, -0.25) is 9.59 Å². The molecule has 4 nitrogen and oxygen atoms in total. The number of esters is 2. The summed E-state index contributed by atoms with van der Waals surface area (Å²) in [6.45, 7) is 4.85. The summed E-state index contributed by atoms with van der Waals surface area (Å²) >= 11 is 0. The largest absolute Gasteiger partial charge is 0.466 e. The summed E-state index contributed by atoms with van der Waals surface area (Å²) in [6.07, 6.45) is 11.3. The van der Waals surface area contributed by atoms with E-state index >= 15 is 0 Å². The van der Waals surface area contributed by atoms with E-state index in [2.05, 4.69) is 13.8 Å². The minimum absolute atomic E-state index is 0.101. The number of unbranched alkanes of at least 4 members (excludes halogenated alkanes) is 4. The van der Waals surface area contributed by atoms with E-state index in [9.17, 15) is 9.59 Å². The van der Waals surface area contributed by atoms with E-state index in [-0.39, 0.29) is 18.0 Å². The van der Waals surface area contributed by atoms with E-state index in [0.29, 0.717) is 38.2 Å². The van der Waals surface area contributed by atoms with Crippen molar-refractivity contribution in [2.75, 3.05) is 6.61 Å². The molecule has 0 aromatic carbocycles. The van der Waals surface area contributed by atoms with Crippen LogP contribution in [-0.2, 0) is 19.1 Å². The van der Waals surface area contributed by atoms with Gasteiger partial charge in [-0.25, -0.2) is 0 Å². The van der Waals surface area contributed by atoms with Crippen LogP contribution < -0.4 is 0 Å². The number of hydrogen-bond donors (Lipinski definition) is 0. The van der Waals surface area contributed by atoms with E-state index in [1.54, 1.807) is 0 Å². The predicted molar refractivity (Wildman–Crippen MR) is 91.1 cm³/mol. The molecule has 1 saturated carbocycles. The maximum absolute atomic E-state index is 11.8. The Hall–Kier alpha value is -1.06. The SMILES string of the molecule is CCCCCCOC(=O)CCCCC(=O)OC1CCCCC1C. The number of hydrogen-bond acceptors (Lipinski definition) is 4. The number of carbonyl (C=O) groups excluding carboxylic acids is 2. The highest BCUT2D eigenvalue weighted by molar-refractivity contribution is 5.70. The van der Waals surface area contributed by atoms with E-state index in [1.807, 2.05) is 0 Å². The van der Waals surface area contributed by atoms with Crippen LogP contribution in [0.15, 0.2) is 0 Å². The smallest absolute Gasteiger partial charge is 0.306 e. The summed E-state index contributed by atoms with van der Waals surface area (Å²) in [4.78, 5) is 23.4. The van der Waals surface area contributed by atoms with Crippen LogP contribution in [0, 0.1) is 5.92 Å². The van der Waals surface area contributed by atoms with Crippen molar-refractivity contribution >= 4 is 11.9 Å². The summed E-state index contributed by atoms with van der Waals surface area (Å²) in [5, 5.41) is 0. The summed E-state index contributed by atoms with van der Waals surface area (Å²) in [7, 11) is 0. The molecule has 134 valence electrons. The molecule has 0 saturated heterocycles. The fourth-order valence-electron chi connectivity index (χ4n) is 3.01. The number of rotatable bonds is 11. The summed E-state index contributed by atoms with van der Waals surface area (Å²) in [5.74, 6) is 0.225. The van der Waals surface area contributed by atoms with Gasteiger partial charge >= 0.3 is 11.9 Å². The van der Waals surface area contributed by atoms with E-state index in [4.69, 9.17) is 9.47 Å². The first-order valence-electron chi connectivity index (χ1n) is 9.48. The zero-order valence-electron chi connectivity index (χ0n) is 15.0. The quantitative estimate of drug-likeness (QED) is 0.404. The maximum atomic E-state index is 11.8. The minimum Gasteiger partial charge on any atom is -0.466 e. The van der Waals surface area contributed by atoms with Gasteiger partial charge in [0.25, 0.3) is 0 Å². The van der Waals surface area contributed by atoms with Gasteiger partial charge in [0.05, 0.1) is 6.61 Å². The molecular formula is C19H34O4. The van der Waals surface area contributed by atoms with Crippen molar-refractivity contribution in [2.24, 2.45) is 5.92 Å². The Balaban J connectivity index is 1.98. The molecule has 0 aromatic rings. The zero-order valence-corrected chi connectivity index (χ0v) is 15.0. The molecule has 0 radical (unpaired) electrons.